The smallest absolute Gasteiger partial charge is 0.343 e. The van der Waals surface area contributed by atoms with Crippen molar-refractivity contribution in [1.82, 2.24) is 5.43 Å². The molecule has 0 aliphatic carbocycles. The molecule has 0 fully saturated rings. The van der Waals surface area contributed by atoms with Crippen LogP contribution in [0.1, 0.15) is 49.0 Å². The zero-order valence-corrected chi connectivity index (χ0v) is 21.1. The van der Waals surface area contributed by atoms with E-state index in [9.17, 15) is 9.59 Å². The maximum Gasteiger partial charge on any atom is 0.343 e. The summed E-state index contributed by atoms with van der Waals surface area (Å²) in [5.41, 5.74) is 3.56. The number of nitrogens with zero attached hydrogens (tertiary/aromatic N) is 1. The molecule has 0 radical (unpaired) electrons. The van der Waals surface area contributed by atoms with E-state index in [4.69, 9.17) is 18.9 Å². The predicted octanol–water partition coefficient (Wildman–Crippen LogP) is 5.40. The number of carbonyl (C=O) groups is 2. The maximum atomic E-state index is 12.4. The Morgan fingerprint density at radius 2 is 1.30 bits per heavy atom. The van der Waals surface area contributed by atoms with Gasteiger partial charge in [0.15, 0.2) is 6.61 Å². The highest BCUT2D eigenvalue weighted by molar-refractivity contribution is 5.91. The largest absolute Gasteiger partial charge is 0.494 e. The number of nitrogens with one attached hydrogen (secondary N) is 1. The first-order chi connectivity index (χ1) is 18.1. The van der Waals surface area contributed by atoms with Crippen molar-refractivity contribution in [3.05, 3.63) is 83.9 Å². The highest BCUT2D eigenvalue weighted by atomic mass is 16.5. The molecule has 1 N–H and O–H groups in total. The molecule has 37 heavy (non-hydrogen) atoms. The second-order valence-corrected chi connectivity index (χ2v) is 8.09. The highest BCUT2D eigenvalue weighted by Crippen LogP contribution is 2.18. The first kappa shape index (κ1) is 27.3. The average Bonchev–Trinajstić information content (AvgIpc) is 2.93. The minimum atomic E-state index is -0.464. The van der Waals surface area contributed by atoms with Crippen LogP contribution >= 0.6 is 0 Å². The lowest BCUT2D eigenvalue weighted by atomic mass is 10.2. The number of hydrazone groups is 1. The third kappa shape index (κ3) is 9.68. The van der Waals surface area contributed by atoms with Gasteiger partial charge >= 0.3 is 5.97 Å². The van der Waals surface area contributed by atoms with Gasteiger partial charge in [-0.25, -0.2) is 10.2 Å². The maximum absolute atomic E-state index is 12.4. The molecule has 0 heterocycles. The Morgan fingerprint density at radius 1 is 0.730 bits per heavy atom. The van der Waals surface area contributed by atoms with Crippen LogP contribution in [0.25, 0.3) is 0 Å². The molecule has 0 aliphatic rings. The van der Waals surface area contributed by atoms with Crippen LogP contribution in [0.15, 0.2) is 77.9 Å². The number of carbonyl (C=O) groups excluding carboxylic acids is 2. The lowest BCUT2D eigenvalue weighted by Gasteiger charge is -2.08. The Bertz CT molecular complexity index is 1140. The van der Waals surface area contributed by atoms with Crippen molar-refractivity contribution in [2.24, 2.45) is 5.10 Å². The van der Waals surface area contributed by atoms with Crippen molar-refractivity contribution in [2.75, 3.05) is 19.8 Å². The minimum Gasteiger partial charge on any atom is -0.494 e. The van der Waals surface area contributed by atoms with Gasteiger partial charge in [-0.05, 0) is 91.2 Å². The normalized spacial score (nSPS) is 10.6. The standard InChI is InChI=1S/C29H32N2O6/c1-3-5-19-35-25-14-16-26(17-15-25)36-21-28(32)31-30-20-22-6-10-27(11-7-22)37-29(33)23-8-12-24(13-9-23)34-18-4-2/h6-17,20H,3-5,18-19,21H2,1-2H3,(H,31,32)/b30-20+. The Labute approximate surface area is 217 Å². The molecule has 3 aromatic carbocycles. The number of esters is 1. The Kier molecular flexibility index (Phi) is 11.0. The average molecular weight is 505 g/mol. The van der Waals surface area contributed by atoms with Crippen molar-refractivity contribution in [1.29, 1.82) is 0 Å². The fourth-order valence-corrected chi connectivity index (χ4v) is 3.02. The third-order valence-corrected chi connectivity index (χ3v) is 5.02. The zero-order valence-electron chi connectivity index (χ0n) is 21.1. The predicted molar refractivity (Wildman–Crippen MR) is 142 cm³/mol. The summed E-state index contributed by atoms with van der Waals surface area (Å²) in [6.45, 7) is 5.27. The fraction of sp³-hybridized carbons (Fsp3) is 0.276. The van der Waals surface area contributed by atoms with E-state index >= 15 is 0 Å². The van der Waals surface area contributed by atoms with Crippen LogP contribution in [-0.2, 0) is 4.79 Å². The first-order valence-corrected chi connectivity index (χ1v) is 12.3. The second kappa shape index (κ2) is 14.9. The molecule has 0 saturated heterocycles. The molecule has 0 spiro atoms. The molecule has 0 unspecified atom stereocenters. The molecule has 8 nitrogen and oxygen atoms in total. The number of ether oxygens (including phenoxy) is 4. The summed E-state index contributed by atoms with van der Waals surface area (Å²) in [7, 11) is 0. The van der Waals surface area contributed by atoms with E-state index in [1.807, 2.05) is 6.92 Å². The summed E-state index contributed by atoms with van der Waals surface area (Å²) in [4.78, 5) is 24.3. The molecular weight excluding hydrogens is 472 g/mol. The van der Waals surface area contributed by atoms with E-state index in [1.165, 1.54) is 6.21 Å². The van der Waals surface area contributed by atoms with Crippen LogP contribution in [0.5, 0.6) is 23.0 Å². The molecule has 0 saturated carbocycles. The molecule has 3 aromatic rings. The van der Waals surface area contributed by atoms with Gasteiger partial charge in [-0.2, -0.15) is 5.10 Å². The molecular formula is C29H32N2O6. The van der Waals surface area contributed by atoms with Crippen LogP contribution < -0.4 is 24.4 Å². The van der Waals surface area contributed by atoms with Gasteiger partial charge in [0.1, 0.15) is 23.0 Å². The molecule has 0 bridgehead atoms. The van der Waals surface area contributed by atoms with Gasteiger partial charge in [-0.15, -0.1) is 0 Å². The van der Waals surface area contributed by atoms with Crippen molar-refractivity contribution in [3.63, 3.8) is 0 Å². The van der Waals surface area contributed by atoms with Crippen LogP contribution in [0.3, 0.4) is 0 Å². The van der Waals surface area contributed by atoms with E-state index in [-0.39, 0.29) is 6.61 Å². The topological polar surface area (TPSA) is 95.5 Å². The molecule has 8 heteroatoms. The van der Waals surface area contributed by atoms with Gasteiger partial charge in [0.05, 0.1) is 25.0 Å². The fourth-order valence-electron chi connectivity index (χ4n) is 3.02. The molecule has 0 atom stereocenters. The summed E-state index contributed by atoms with van der Waals surface area (Å²) >= 11 is 0. The molecule has 3 rings (SSSR count). The number of amides is 1. The van der Waals surface area contributed by atoms with Crippen molar-refractivity contribution < 1.29 is 28.5 Å². The SMILES string of the molecule is CCCCOc1ccc(OCC(=O)N/N=C/c2ccc(OC(=O)c3ccc(OCCC)cc3)cc2)cc1. The van der Waals surface area contributed by atoms with Gasteiger partial charge in [-0.1, -0.05) is 20.3 Å². The third-order valence-electron chi connectivity index (χ3n) is 5.02. The quantitative estimate of drug-likeness (QED) is 0.104. The van der Waals surface area contributed by atoms with E-state index in [2.05, 4.69) is 17.5 Å². The molecule has 0 aromatic heterocycles. The summed E-state index contributed by atoms with van der Waals surface area (Å²) in [6, 6.07) is 20.7. The van der Waals surface area contributed by atoms with Gasteiger partial charge in [0, 0.05) is 0 Å². The molecule has 1 amide bonds. The van der Waals surface area contributed by atoms with Crippen LogP contribution in [0, 0.1) is 0 Å². The molecule has 194 valence electrons. The Hall–Kier alpha value is -4.33. The number of benzene rings is 3. The zero-order chi connectivity index (χ0) is 26.3. The van der Waals surface area contributed by atoms with Crippen LogP contribution in [0.2, 0.25) is 0 Å². The monoisotopic (exact) mass is 504 g/mol. The first-order valence-electron chi connectivity index (χ1n) is 12.3. The second-order valence-electron chi connectivity index (χ2n) is 8.09. The van der Waals surface area contributed by atoms with Crippen LogP contribution in [0.4, 0.5) is 0 Å². The van der Waals surface area contributed by atoms with Gasteiger partial charge in [0.2, 0.25) is 0 Å². The summed E-state index contributed by atoms with van der Waals surface area (Å²) in [5.74, 6) is 1.58. The van der Waals surface area contributed by atoms with Gasteiger partial charge in [-0.3, -0.25) is 4.79 Å². The van der Waals surface area contributed by atoms with E-state index in [1.54, 1.807) is 72.8 Å². The Balaban J connectivity index is 1.39. The lowest BCUT2D eigenvalue weighted by Crippen LogP contribution is -2.24. The van der Waals surface area contributed by atoms with Crippen molar-refractivity contribution in [3.8, 4) is 23.0 Å². The van der Waals surface area contributed by atoms with Gasteiger partial charge in [0.25, 0.3) is 5.91 Å². The number of hydrogen-bond donors (Lipinski definition) is 1. The van der Waals surface area contributed by atoms with Gasteiger partial charge < -0.3 is 18.9 Å². The molecule has 0 aliphatic heterocycles. The minimum absolute atomic E-state index is 0.173. The number of rotatable bonds is 14. The van der Waals surface area contributed by atoms with E-state index < -0.39 is 11.9 Å². The Morgan fingerprint density at radius 3 is 1.92 bits per heavy atom. The van der Waals surface area contributed by atoms with E-state index in [0.29, 0.717) is 36.0 Å². The van der Waals surface area contributed by atoms with Crippen molar-refractivity contribution in [2.45, 2.75) is 33.1 Å². The van der Waals surface area contributed by atoms with E-state index in [0.717, 1.165) is 30.6 Å². The summed E-state index contributed by atoms with van der Waals surface area (Å²) < 4.78 is 22.0. The van der Waals surface area contributed by atoms with Crippen LogP contribution in [-0.4, -0.2) is 37.9 Å². The number of hydrogen-bond acceptors (Lipinski definition) is 7. The highest BCUT2D eigenvalue weighted by Gasteiger charge is 2.09. The lowest BCUT2D eigenvalue weighted by molar-refractivity contribution is -0.123. The summed E-state index contributed by atoms with van der Waals surface area (Å²) in [6.07, 6.45) is 4.48. The van der Waals surface area contributed by atoms with Crippen molar-refractivity contribution >= 4 is 18.1 Å². The summed E-state index contributed by atoms with van der Waals surface area (Å²) in [5, 5.41) is 3.93. The number of unbranched alkanes of at least 4 members (excludes halogenated alkanes) is 1.